The van der Waals surface area contributed by atoms with E-state index in [9.17, 15) is 4.79 Å². The fraction of sp³-hybridized carbons (Fsp3) is 0.0526. The maximum Gasteiger partial charge on any atom is 0.275 e. The van der Waals surface area contributed by atoms with Crippen LogP contribution in [0, 0.1) is 11.3 Å². The number of nitriles is 1. The number of hydrogen-bond acceptors (Lipinski definition) is 6. The van der Waals surface area contributed by atoms with Gasteiger partial charge < -0.3 is 15.4 Å². The molecule has 3 rings (SSSR count). The van der Waals surface area contributed by atoms with Crippen LogP contribution in [-0.4, -0.2) is 23.0 Å². The molecule has 128 valence electrons. The summed E-state index contributed by atoms with van der Waals surface area (Å²) in [6.07, 6.45) is 2.81. The van der Waals surface area contributed by atoms with E-state index in [0.717, 1.165) is 0 Å². The largest absolute Gasteiger partial charge is 0.497 e. The minimum atomic E-state index is -0.369. The Morgan fingerprint density at radius 1 is 1.08 bits per heavy atom. The van der Waals surface area contributed by atoms with Crippen LogP contribution in [0.4, 0.5) is 17.2 Å². The molecule has 0 saturated heterocycles. The molecule has 0 atom stereocenters. The lowest BCUT2D eigenvalue weighted by Gasteiger charge is -2.08. The highest BCUT2D eigenvalue weighted by atomic mass is 16.5. The van der Waals surface area contributed by atoms with Gasteiger partial charge in [0.05, 0.1) is 30.8 Å². The molecule has 0 radical (unpaired) electrons. The van der Waals surface area contributed by atoms with Crippen molar-refractivity contribution in [2.75, 3.05) is 17.7 Å². The van der Waals surface area contributed by atoms with E-state index in [1.165, 1.54) is 12.4 Å². The molecule has 2 N–H and O–H groups in total. The van der Waals surface area contributed by atoms with E-state index in [1.54, 1.807) is 49.6 Å². The molecule has 0 saturated carbocycles. The Bertz CT molecular complexity index is 947. The lowest BCUT2D eigenvalue weighted by Crippen LogP contribution is -2.14. The Morgan fingerprint density at radius 2 is 1.85 bits per heavy atom. The smallest absolute Gasteiger partial charge is 0.275 e. The van der Waals surface area contributed by atoms with Crippen LogP contribution in [0.15, 0.2) is 60.9 Å². The van der Waals surface area contributed by atoms with E-state index in [1.807, 2.05) is 6.07 Å². The van der Waals surface area contributed by atoms with E-state index in [0.29, 0.717) is 28.5 Å². The van der Waals surface area contributed by atoms with Crippen LogP contribution in [-0.2, 0) is 0 Å². The highest BCUT2D eigenvalue weighted by Gasteiger charge is 2.09. The number of carbonyl (C=O) groups excluding carboxylic acids is 1. The number of methoxy groups -OCH3 is 1. The molecule has 0 bridgehead atoms. The van der Waals surface area contributed by atoms with Gasteiger partial charge in [0.15, 0.2) is 0 Å². The third kappa shape index (κ3) is 3.94. The summed E-state index contributed by atoms with van der Waals surface area (Å²) < 4.78 is 5.08. The van der Waals surface area contributed by atoms with E-state index in [4.69, 9.17) is 10.00 Å². The molecule has 0 fully saturated rings. The van der Waals surface area contributed by atoms with Gasteiger partial charge in [-0.15, -0.1) is 0 Å². The molecule has 26 heavy (non-hydrogen) atoms. The zero-order valence-electron chi connectivity index (χ0n) is 13.9. The van der Waals surface area contributed by atoms with Crippen molar-refractivity contribution >= 4 is 23.1 Å². The molecule has 0 unspecified atom stereocenters. The highest BCUT2D eigenvalue weighted by molar-refractivity contribution is 6.02. The third-order valence-corrected chi connectivity index (χ3v) is 3.54. The molecule has 0 aliphatic rings. The number of anilines is 3. The number of para-hydroxylation sites is 1. The lowest BCUT2D eigenvalue weighted by molar-refractivity contribution is 0.102. The number of amides is 1. The molecule has 1 aromatic heterocycles. The number of carbonyl (C=O) groups is 1. The van der Waals surface area contributed by atoms with Crippen LogP contribution in [0.1, 0.15) is 16.1 Å². The minimum absolute atomic E-state index is 0.180. The first-order chi connectivity index (χ1) is 12.7. The highest BCUT2D eigenvalue weighted by Crippen LogP contribution is 2.19. The third-order valence-electron chi connectivity index (χ3n) is 3.54. The second-order valence-corrected chi connectivity index (χ2v) is 5.25. The summed E-state index contributed by atoms with van der Waals surface area (Å²) in [7, 11) is 1.58. The molecule has 1 amide bonds. The fourth-order valence-corrected chi connectivity index (χ4v) is 2.21. The van der Waals surface area contributed by atoms with E-state index in [2.05, 4.69) is 26.7 Å². The monoisotopic (exact) mass is 345 g/mol. The second kappa shape index (κ2) is 7.77. The average molecular weight is 345 g/mol. The summed E-state index contributed by atoms with van der Waals surface area (Å²) in [4.78, 5) is 20.5. The van der Waals surface area contributed by atoms with Gasteiger partial charge in [0, 0.05) is 5.69 Å². The van der Waals surface area contributed by atoms with Crippen molar-refractivity contribution in [3.05, 3.63) is 72.2 Å². The Hall–Kier alpha value is -3.92. The van der Waals surface area contributed by atoms with E-state index >= 15 is 0 Å². The fourth-order valence-electron chi connectivity index (χ4n) is 2.21. The number of aromatic nitrogens is 2. The van der Waals surface area contributed by atoms with Gasteiger partial charge >= 0.3 is 0 Å². The van der Waals surface area contributed by atoms with Crippen LogP contribution >= 0.6 is 0 Å². The van der Waals surface area contributed by atoms with Crippen LogP contribution in [0.2, 0.25) is 0 Å². The van der Waals surface area contributed by atoms with Crippen molar-refractivity contribution in [1.82, 2.24) is 9.97 Å². The number of ether oxygens (including phenoxy) is 1. The lowest BCUT2D eigenvalue weighted by atomic mass is 10.2. The molecule has 0 aliphatic carbocycles. The average Bonchev–Trinajstić information content (AvgIpc) is 2.69. The maximum atomic E-state index is 12.2. The minimum Gasteiger partial charge on any atom is -0.497 e. The van der Waals surface area contributed by atoms with Gasteiger partial charge in [-0.05, 0) is 36.4 Å². The molecular weight excluding hydrogens is 330 g/mol. The summed E-state index contributed by atoms with van der Waals surface area (Å²) in [5.41, 5.74) is 1.93. The van der Waals surface area contributed by atoms with Gasteiger partial charge in [-0.25, -0.2) is 9.97 Å². The Labute approximate surface area is 150 Å². The van der Waals surface area contributed by atoms with Crippen LogP contribution in [0.5, 0.6) is 5.75 Å². The van der Waals surface area contributed by atoms with Crippen LogP contribution in [0.3, 0.4) is 0 Å². The van der Waals surface area contributed by atoms with Crippen molar-refractivity contribution in [3.63, 3.8) is 0 Å². The Kier molecular flexibility index (Phi) is 5.05. The zero-order chi connectivity index (χ0) is 18.4. The number of nitrogens with one attached hydrogen (secondary N) is 2. The van der Waals surface area contributed by atoms with Gasteiger partial charge in [0.25, 0.3) is 5.91 Å². The zero-order valence-corrected chi connectivity index (χ0v) is 13.9. The predicted octanol–water partition coefficient (Wildman–Crippen LogP) is 3.35. The predicted molar refractivity (Wildman–Crippen MR) is 97.4 cm³/mol. The molecule has 0 spiro atoms. The van der Waals surface area contributed by atoms with Crippen molar-refractivity contribution in [1.29, 1.82) is 5.26 Å². The Morgan fingerprint density at radius 3 is 2.50 bits per heavy atom. The molecule has 3 aromatic rings. The molecule has 1 heterocycles. The standard InChI is InChI=1S/C19H15N5O2/c1-26-15-8-6-14(7-9-15)23-19(25)17-11-22-18(12-21-17)24-16-5-3-2-4-13(16)10-20/h2-9,11-12H,1H3,(H,22,24)(H,23,25). The first kappa shape index (κ1) is 16.9. The normalized spacial score (nSPS) is 9.85. The van der Waals surface area contributed by atoms with E-state index in [-0.39, 0.29) is 11.6 Å². The number of nitrogens with zero attached hydrogens (tertiary/aromatic N) is 3. The van der Waals surface area contributed by atoms with Gasteiger partial charge in [-0.3, -0.25) is 4.79 Å². The summed E-state index contributed by atoms with van der Waals surface area (Å²) in [5, 5.41) is 14.8. The van der Waals surface area contributed by atoms with Crippen molar-refractivity contribution in [2.24, 2.45) is 0 Å². The Balaban J connectivity index is 1.68. The first-order valence-electron chi connectivity index (χ1n) is 7.73. The molecule has 0 aliphatic heterocycles. The molecule has 2 aromatic carbocycles. The summed E-state index contributed by atoms with van der Waals surface area (Å²) >= 11 is 0. The number of rotatable bonds is 5. The van der Waals surface area contributed by atoms with Gasteiger partial charge in [0.2, 0.25) is 0 Å². The number of benzene rings is 2. The molecule has 7 heteroatoms. The van der Waals surface area contributed by atoms with Crippen molar-refractivity contribution in [2.45, 2.75) is 0 Å². The summed E-state index contributed by atoms with van der Waals surface area (Å²) in [5.74, 6) is 0.774. The van der Waals surface area contributed by atoms with Gasteiger partial charge in [-0.2, -0.15) is 5.26 Å². The topological polar surface area (TPSA) is 99.9 Å². The SMILES string of the molecule is COc1ccc(NC(=O)c2cnc(Nc3ccccc3C#N)cn2)cc1. The van der Waals surface area contributed by atoms with Crippen LogP contribution < -0.4 is 15.4 Å². The van der Waals surface area contributed by atoms with Gasteiger partial charge in [0.1, 0.15) is 23.3 Å². The van der Waals surface area contributed by atoms with Gasteiger partial charge in [-0.1, -0.05) is 12.1 Å². The quantitative estimate of drug-likeness (QED) is 0.735. The van der Waals surface area contributed by atoms with Crippen molar-refractivity contribution < 1.29 is 9.53 Å². The van der Waals surface area contributed by atoms with E-state index < -0.39 is 0 Å². The first-order valence-corrected chi connectivity index (χ1v) is 7.73. The molecule has 7 nitrogen and oxygen atoms in total. The summed E-state index contributed by atoms with van der Waals surface area (Å²) in [6.45, 7) is 0. The second-order valence-electron chi connectivity index (χ2n) is 5.25. The number of hydrogen-bond donors (Lipinski definition) is 2. The molecular formula is C19H15N5O2. The van der Waals surface area contributed by atoms with Crippen molar-refractivity contribution in [3.8, 4) is 11.8 Å². The maximum absolute atomic E-state index is 12.2. The summed E-state index contributed by atoms with van der Waals surface area (Å²) in [6, 6.07) is 16.1. The van der Waals surface area contributed by atoms with Crippen LogP contribution in [0.25, 0.3) is 0 Å².